The van der Waals surface area contributed by atoms with Gasteiger partial charge in [0.05, 0.1) is 9.99 Å². The maximum Gasteiger partial charge on any atom is 0.119 e. The molecule has 2 rings (SSSR count). The lowest BCUT2D eigenvalue weighted by Gasteiger charge is -2.17. The van der Waals surface area contributed by atoms with Crippen molar-refractivity contribution in [3.8, 4) is 5.75 Å². The number of ether oxygens (including phenoxy) is 1. The number of nitrogens with one attached hydrogen (secondary N) is 1. The van der Waals surface area contributed by atoms with Crippen molar-refractivity contribution in [3.63, 3.8) is 0 Å². The Morgan fingerprint density at radius 1 is 1.37 bits per heavy atom. The van der Waals surface area contributed by atoms with Gasteiger partial charge in [0.25, 0.3) is 0 Å². The lowest BCUT2D eigenvalue weighted by Crippen LogP contribution is -2.22. The van der Waals surface area contributed by atoms with Crippen LogP contribution in [0.25, 0.3) is 0 Å². The zero-order valence-electron chi connectivity index (χ0n) is 11.2. The number of methoxy groups -OCH3 is 1. The van der Waals surface area contributed by atoms with E-state index in [-0.39, 0.29) is 0 Å². The highest BCUT2D eigenvalue weighted by Gasteiger charge is 2.13. The van der Waals surface area contributed by atoms with Crippen LogP contribution in [-0.2, 0) is 6.42 Å². The average Bonchev–Trinajstić information content (AvgIpc) is 2.85. The van der Waals surface area contributed by atoms with Crippen LogP contribution in [0.15, 0.2) is 35.7 Å². The molecule has 1 aromatic heterocycles. The summed E-state index contributed by atoms with van der Waals surface area (Å²) in [5.74, 6) is 0.924. The van der Waals surface area contributed by atoms with E-state index < -0.39 is 0 Å². The highest BCUT2D eigenvalue weighted by Crippen LogP contribution is 2.26. The lowest BCUT2D eigenvalue weighted by atomic mass is 10.0. The van der Waals surface area contributed by atoms with E-state index >= 15 is 0 Å². The fourth-order valence-electron chi connectivity index (χ4n) is 2.10. The summed E-state index contributed by atoms with van der Waals surface area (Å²) in [6.45, 7) is 3.12. The molecule has 0 amide bonds. The second-order valence-corrected chi connectivity index (χ2v) is 7.16. The first-order valence-corrected chi connectivity index (χ1v) is 8.29. The first kappa shape index (κ1) is 14.8. The minimum absolute atomic E-state index is 0.372. The van der Waals surface area contributed by atoms with Crippen molar-refractivity contribution < 1.29 is 4.74 Å². The van der Waals surface area contributed by atoms with E-state index in [9.17, 15) is 0 Å². The monoisotopic (exact) mass is 387 g/mol. The molecule has 1 N–H and O–H groups in total. The summed E-state index contributed by atoms with van der Waals surface area (Å²) in [4.78, 5) is 0. The van der Waals surface area contributed by atoms with Crippen molar-refractivity contribution >= 4 is 33.9 Å². The molecule has 0 bridgehead atoms. The third-order valence-corrected chi connectivity index (χ3v) is 4.82. The molecule has 2 aromatic rings. The standard InChI is InChI=1S/C15H18INOS/c1-3-17-14(12-9-15(16)19-10-12)8-11-5-4-6-13(7-11)18-2/h4-7,9-10,14,17H,3,8H2,1-2H3. The summed E-state index contributed by atoms with van der Waals surface area (Å²) in [5.41, 5.74) is 2.67. The first-order valence-electron chi connectivity index (χ1n) is 6.33. The molecule has 19 heavy (non-hydrogen) atoms. The van der Waals surface area contributed by atoms with E-state index in [0.29, 0.717) is 6.04 Å². The number of rotatable bonds is 6. The maximum absolute atomic E-state index is 5.29. The van der Waals surface area contributed by atoms with Gasteiger partial charge >= 0.3 is 0 Å². The van der Waals surface area contributed by atoms with Crippen molar-refractivity contribution in [2.75, 3.05) is 13.7 Å². The minimum Gasteiger partial charge on any atom is -0.497 e. The van der Waals surface area contributed by atoms with Crippen molar-refractivity contribution in [3.05, 3.63) is 49.7 Å². The summed E-state index contributed by atoms with van der Waals surface area (Å²) in [6.07, 6.45) is 0.984. The SMILES string of the molecule is CCNC(Cc1cccc(OC)c1)c1csc(I)c1. The lowest BCUT2D eigenvalue weighted by molar-refractivity contribution is 0.414. The molecule has 0 aliphatic carbocycles. The van der Waals surface area contributed by atoms with Crippen LogP contribution in [0.3, 0.4) is 0 Å². The summed E-state index contributed by atoms with van der Waals surface area (Å²) in [7, 11) is 1.71. The van der Waals surface area contributed by atoms with Gasteiger partial charge < -0.3 is 10.1 Å². The number of likely N-dealkylation sites (N-methyl/N-ethyl adjacent to an activating group) is 1. The van der Waals surface area contributed by atoms with E-state index in [1.54, 1.807) is 18.4 Å². The minimum atomic E-state index is 0.372. The van der Waals surface area contributed by atoms with Gasteiger partial charge in [0.1, 0.15) is 5.75 Å². The Kier molecular flexibility index (Phi) is 5.66. The van der Waals surface area contributed by atoms with Gasteiger partial charge in [-0.1, -0.05) is 19.1 Å². The van der Waals surface area contributed by atoms with Crippen LogP contribution in [0, 0.1) is 2.88 Å². The van der Waals surface area contributed by atoms with Crippen molar-refractivity contribution in [1.29, 1.82) is 0 Å². The Hall–Kier alpha value is -0.590. The van der Waals surface area contributed by atoms with Crippen molar-refractivity contribution in [1.82, 2.24) is 5.32 Å². The molecule has 1 unspecified atom stereocenters. The fraction of sp³-hybridized carbons (Fsp3) is 0.333. The largest absolute Gasteiger partial charge is 0.497 e. The van der Waals surface area contributed by atoms with Gasteiger partial charge in [-0.05, 0) is 70.3 Å². The zero-order valence-corrected chi connectivity index (χ0v) is 14.1. The summed E-state index contributed by atoms with van der Waals surface area (Å²) < 4.78 is 6.62. The van der Waals surface area contributed by atoms with Gasteiger partial charge in [-0.3, -0.25) is 0 Å². The number of halogens is 1. The molecule has 4 heteroatoms. The predicted octanol–water partition coefficient (Wildman–Crippen LogP) is 4.25. The van der Waals surface area contributed by atoms with Crippen LogP contribution in [-0.4, -0.2) is 13.7 Å². The van der Waals surface area contributed by atoms with Gasteiger partial charge in [-0.2, -0.15) is 0 Å². The molecule has 102 valence electrons. The van der Waals surface area contributed by atoms with Gasteiger partial charge in [0.2, 0.25) is 0 Å². The third-order valence-electron chi connectivity index (χ3n) is 3.01. The molecule has 1 heterocycles. The van der Waals surface area contributed by atoms with E-state index in [1.165, 1.54) is 14.0 Å². The maximum atomic E-state index is 5.29. The molecule has 1 atom stereocenters. The van der Waals surface area contributed by atoms with E-state index in [4.69, 9.17) is 4.74 Å². The fourth-order valence-corrected chi connectivity index (χ4v) is 3.52. The summed E-state index contributed by atoms with van der Waals surface area (Å²) in [5, 5.41) is 5.81. The summed E-state index contributed by atoms with van der Waals surface area (Å²) >= 11 is 4.17. The molecule has 2 nitrogen and oxygen atoms in total. The van der Waals surface area contributed by atoms with Crippen LogP contribution in [0.2, 0.25) is 0 Å². The Balaban J connectivity index is 2.16. The Labute approximate surface area is 132 Å². The zero-order chi connectivity index (χ0) is 13.7. The smallest absolute Gasteiger partial charge is 0.119 e. The Morgan fingerprint density at radius 2 is 2.21 bits per heavy atom. The second-order valence-electron chi connectivity index (χ2n) is 4.35. The summed E-state index contributed by atoms with van der Waals surface area (Å²) in [6, 6.07) is 10.9. The third kappa shape index (κ3) is 4.19. The van der Waals surface area contributed by atoms with E-state index in [1.807, 2.05) is 6.07 Å². The van der Waals surface area contributed by atoms with Crippen LogP contribution in [0.5, 0.6) is 5.75 Å². The highest BCUT2D eigenvalue weighted by atomic mass is 127. The molecule has 0 aliphatic rings. The number of benzene rings is 1. The molecule has 0 spiro atoms. The van der Waals surface area contributed by atoms with Crippen molar-refractivity contribution in [2.45, 2.75) is 19.4 Å². The molecule has 1 aromatic carbocycles. The van der Waals surface area contributed by atoms with Crippen LogP contribution >= 0.6 is 33.9 Å². The molecule has 0 saturated carbocycles. The number of hydrogen-bond acceptors (Lipinski definition) is 3. The molecule has 0 saturated heterocycles. The van der Waals surface area contributed by atoms with Crippen LogP contribution in [0.4, 0.5) is 0 Å². The number of thiophene rings is 1. The second kappa shape index (κ2) is 7.26. The molecule has 0 aliphatic heterocycles. The van der Waals surface area contributed by atoms with Crippen molar-refractivity contribution in [2.24, 2.45) is 0 Å². The Bertz CT molecular complexity index is 526. The topological polar surface area (TPSA) is 21.3 Å². The first-order chi connectivity index (χ1) is 9.22. The van der Waals surface area contributed by atoms with E-state index in [2.05, 4.69) is 64.5 Å². The normalized spacial score (nSPS) is 12.4. The Morgan fingerprint density at radius 3 is 2.84 bits per heavy atom. The van der Waals surface area contributed by atoms with Gasteiger partial charge in [-0.15, -0.1) is 11.3 Å². The molecular weight excluding hydrogens is 369 g/mol. The molecule has 0 fully saturated rings. The van der Waals surface area contributed by atoms with E-state index in [0.717, 1.165) is 18.7 Å². The van der Waals surface area contributed by atoms with Crippen LogP contribution < -0.4 is 10.1 Å². The van der Waals surface area contributed by atoms with Gasteiger partial charge in [-0.25, -0.2) is 0 Å². The highest BCUT2D eigenvalue weighted by molar-refractivity contribution is 14.1. The predicted molar refractivity (Wildman–Crippen MR) is 90.2 cm³/mol. The van der Waals surface area contributed by atoms with Gasteiger partial charge in [0.15, 0.2) is 0 Å². The van der Waals surface area contributed by atoms with Gasteiger partial charge in [0, 0.05) is 6.04 Å². The quantitative estimate of drug-likeness (QED) is 0.749. The van der Waals surface area contributed by atoms with Crippen LogP contribution in [0.1, 0.15) is 24.1 Å². The average molecular weight is 387 g/mol. The number of hydrogen-bond donors (Lipinski definition) is 1. The molecular formula is C15H18INOS. The molecule has 0 radical (unpaired) electrons.